The Morgan fingerprint density at radius 3 is 0.870 bits per heavy atom. The Labute approximate surface area is 267 Å². The third-order valence-corrected chi connectivity index (χ3v) is 8.58. The summed E-state index contributed by atoms with van der Waals surface area (Å²) in [6, 6.07) is 62.1. The van der Waals surface area contributed by atoms with Crippen LogP contribution in [0, 0.1) is 0 Å². The second-order valence-corrected chi connectivity index (χ2v) is 11.3. The Morgan fingerprint density at radius 2 is 0.543 bits per heavy atom. The molecule has 0 heterocycles. The molecule has 0 radical (unpaired) electrons. The molecule has 218 valence electrons. The van der Waals surface area contributed by atoms with Crippen LogP contribution in [-0.2, 0) is 0 Å². The molecule has 0 saturated heterocycles. The zero-order valence-electron chi connectivity index (χ0n) is 25.1. The largest absolute Gasteiger partial charge is 0.310 e. The highest BCUT2D eigenvalue weighted by atomic mass is 16.1. The lowest BCUT2D eigenvalue weighted by molar-refractivity contribution is 1.29. The van der Waals surface area contributed by atoms with Crippen molar-refractivity contribution in [2.75, 3.05) is 9.80 Å². The zero-order valence-corrected chi connectivity index (χ0v) is 25.1. The molecule has 0 fully saturated rings. The van der Waals surface area contributed by atoms with E-state index in [0.717, 1.165) is 55.7 Å². The van der Waals surface area contributed by atoms with E-state index in [2.05, 4.69) is 107 Å². The smallest absolute Gasteiger partial charge is 0.194 e. The predicted octanol–water partition coefficient (Wildman–Crippen LogP) is 11.4. The fraction of sp³-hybridized carbons (Fsp3) is 0. The van der Waals surface area contributed by atoms with E-state index >= 15 is 0 Å². The van der Waals surface area contributed by atoms with E-state index in [1.807, 2.05) is 84.9 Å². The molecule has 0 amide bonds. The van der Waals surface area contributed by atoms with Crippen LogP contribution < -0.4 is 15.2 Å². The lowest BCUT2D eigenvalue weighted by Crippen LogP contribution is -2.11. The average Bonchev–Trinajstić information content (AvgIpc) is 3.23. The summed E-state index contributed by atoms with van der Waals surface area (Å²) >= 11 is 0. The summed E-state index contributed by atoms with van der Waals surface area (Å²) in [5.41, 5.74) is 5.97. The van der Waals surface area contributed by atoms with Gasteiger partial charge in [0.25, 0.3) is 0 Å². The lowest BCUT2D eigenvalue weighted by Gasteiger charge is -2.25. The van der Waals surface area contributed by atoms with Crippen LogP contribution in [0.2, 0.25) is 0 Å². The van der Waals surface area contributed by atoms with Crippen LogP contribution in [0.4, 0.5) is 34.1 Å². The van der Waals surface area contributed by atoms with Gasteiger partial charge in [-0.1, -0.05) is 109 Å². The first-order valence-corrected chi connectivity index (χ1v) is 15.5. The van der Waals surface area contributed by atoms with Gasteiger partial charge >= 0.3 is 0 Å². The monoisotopic (exact) mass is 590 g/mol. The van der Waals surface area contributed by atoms with Crippen molar-refractivity contribution in [2.45, 2.75) is 0 Å². The van der Waals surface area contributed by atoms with Gasteiger partial charge in [-0.15, -0.1) is 0 Å². The van der Waals surface area contributed by atoms with Crippen LogP contribution in [0.1, 0.15) is 0 Å². The fourth-order valence-corrected chi connectivity index (χ4v) is 6.49. The van der Waals surface area contributed by atoms with Gasteiger partial charge in [-0.25, -0.2) is 0 Å². The van der Waals surface area contributed by atoms with E-state index in [1.165, 1.54) is 0 Å². The number of rotatable bonds is 6. The van der Waals surface area contributed by atoms with Gasteiger partial charge in [0.15, 0.2) is 5.43 Å². The zero-order chi connectivity index (χ0) is 30.9. The van der Waals surface area contributed by atoms with Gasteiger partial charge in [-0.2, -0.15) is 0 Å². The number of para-hydroxylation sites is 4. The molecular formula is C43H30N2O. The number of benzene rings is 7. The quantitative estimate of drug-likeness (QED) is 0.192. The second-order valence-electron chi connectivity index (χ2n) is 11.3. The molecule has 0 aliphatic heterocycles. The van der Waals surface area contributed by atoms with Crippen molar-refractivity contribution >= 4 is 66.4 Å². The second kappa shape index (κ2) is 11.7. The Bertz CT molecular complexity index is 2130. The summed E-state index contributed by atoms with van der Waals surface area (Å²) < 4.78 is 0. The third-order valence-electron chi connectivity index (χ3n) is 8.58. The van der Waals surface area contributed by atoms with E-state index < -0.39 is 0 Å². The molecule has 8 aromatic carbocycles. The van der Waals surface area contributed by atoms with Crippen LogP contribution in [-0.4, -0.2) is 0 Å². The van der Waals surface area contributed by atoms with Crippen molar-refractivity contribution in [1.29, 1.82) is 0 Å². The molecule has 0 aliphatic carbocycles. The van der Waals surface area contributed by atoms with Gasteiger partial charge in [-0.3, -0.25) is 4.79 Å². The first-order valence-electron chi connectivity index (χ1n) is 15.5. The third kappa shape index (κ3) is 4.85. The normalized spacial score (nSPS) is 11.1. The van der Waals surface area contributed by atoms with E-state index in [0.29, 0.717) is 10.8 Å². The molecule has 0 atom stereocenters. The molecule has 0 N–H and O–H groups in total. The number of anilines is 6. The Balaban J connectivity index is 1.42. The molecule has 3 nitrogen and oxygen atoms in total. The summed E-state index contributed by atoms with van der Waals surface area (Å²) in [4.78, 5) is 19.3. The minimum absolute atomic E-state index is 0.00652. The highest BCUT2D eigenvalue weighted by molar-refractivity contribution is 6.18. The van der Waals surface area contributed by atoms with Crippen LogP contribution in [0.25, 0.3) is 32.3 Å². The van der Waals surface area contributed by atoms with E-state index in [1.54, 1.807) is 0 Å². The molecule has 0 aromatic heterocycles. The molecule has 0 bridgehead atoms. The number of fused-ring (bicyclic) bond motifs is 5. The molecule has 3 heteroatoms. The molecule has 0 saturated carbocycles. The number of hydrogen-bond acceptors (Lipinski definition) is 3. The van der Waals surface area contributed by atoms with Crippen molar-refractivity contribution in [1.82, 2.24) is 0 Å². The van der Waals surface area contributed by atoms with Crippen LogP contribution in [0.5, 0.6) is 0 Å². The van der Waals surface area contributed by atoms with Gasteiger partial charge in [-0.05, 0) is 94.3 Å². The fourth-order valence-electron chi connectivity index (χ4n) is 6.49. The first kappa shape index (κ1) is 27.4. The Hall–Kier alpha value is -6.19. The molecule has 46 heavy (non-hydrogen) atoms. The highest BCUT2D eigenvalue weighted by Gasteiger charge is 2.17. The Morgan fingerprint density at radius 1 is 0.261 bits per heavy atom. The molecule has 0 unspecified atom stereocenters. The van der Waals surface area contributed by atoms with E-state index in [9.17, 15) is 4.79 Å². The first-order chi connectivity index (χ1) is 22.8. The van der Waals surface area contributed by atoms with Crippen LogP contribution in [0.3, 0.4) is 0 Å². The van der Waals surface area contributed by atoms with Gasteiger partial charge in [0.05, 0.1) is 0 Å². The topological polar surface area (TPSA) is 23.6 Å². The van der Waals surface area contributed by atoms with Crippen molar-refractivity contribution in [3.8, 4) is 0 Å². The maximum Gasteiger partial charge on any atom is 0.194 e. The van der Waals surface area contributed by atoms with Crippen LogP contribution >= 0.6 is 0 Å². The van der Waals surface area contributed by atoms with Crippen molar-refractivity contribution in [2.24, 2.45) is 0 Å². The van der Waals surface area contributed by atoms with Crippen molar-refractivity contribution in [3.05, 3.63) is 192 Å². The van der Waals surface area contributed by atoms with Gasteiger partial charge in [0.2, 0.25) is 0 Å². The summed E-state index contributed by atoms with van der Waals surface area (Å²) in [5, 5.41) is 5.35. The highest BCUT2D eigenvalue weighted by Crippen LogP contribution is 2.39. The van der Waals surface area contributed by atoms with Gasteiger partial charge < -0.3 is 9.80 Å². The van der Waals surface area contributed by atoms with Gasteiger partial charge in [0.1, 0.15) is 0 Å². The lowest BCUT2D eigenvalue weighted by atomic mass is 10.0. The van der Waals surface area contributed by atoms with Crippen LogP contribution in [0.15, 0.2) is 187 Å². The number of nitrogens with zero attached hydrogens (tertiary/aromatic N) is 2. The maximum atomic E-state index is 14.9. The maximum absolute atomic E-state index is 14.9. The standard InChI is InChI=1S/C43H30N2O/c46-43-41-29-35(44(31-15-5-1-6-16-31)32-17-7-2-8-18-32)25-27-39(41)37-23-13-14-24-38(37)40-28-26-36(30-42(40)43)45(33-19-9-3-10-20-33)34-21-11-4-12-22-34/h1-30H. The van der Waals surface area contributed by atoms with Crippen molar-refractivity contribution < 1.29 is 0 Å². The summed E-state index contributed by atoms with van der Waals surface area (Å²) in [6.07, 6.45) is 0. The SMILES string of the molecule is O=c1c2cc(N(c3ccccc3)c3ccccc3)ccc2c2ccccc2c2ccc(N(c3ccccc3)c3ccccc3)cc12. The summed E-state index contributed by atoms with van der Waals surface area (Å²) in [7, 11) is 0. The number of hydrogen-bond donors (Lipinski definition) is 0. The van der Waals surface area contributed by atoms with Crippen molar-refractivity contribution in [3.63, 3.8) is 0 Å². The van der Waals surface area contributed by atoms with Gasteiger partial charge in [0, 0.05) is 44.9 Å². The summed E-state index contributed by atoms with van der Waals surface area (Å²) in [6.45, 7) is 0. The minimum Gasteiger partial charge on any atom is -0.310 e. The molecule has 0 spiro atoms. The predicted molar refractivity (Wildman–Crippen MR) is 195 cm³/mol. The molecular weight excluding hydrogens is 560 g/mol. The molecule has 8 aromatic rings. The average molecular weight is 591 g/mol. The molecule has 8 rings (SSSR count). The van der Waals surface area contributed by atoms with E-state index in [-0.39, 0.29) is 5.43 Å². The summed E-state index contributed by atoms with van der Waals surface area (Å²) in [5.74, 6) is 0. The molecule has 0 aliphatic rings. The minimum atomic E-state index is 0.00652. The Kier molecular flexibility index (Phi) is 6.97. The van der Waals surface area contributed by atoms with E-state index in [4.69, 9.17) is 0 Å².